The van der Waals surface area contributed by atoms with Gasteiger partial charge < -0.3 is 4.90 Å². The predicted octanol–water partition coefficient (Wildman–Crippen LogP) is 2.00. The molecule has 1 fully saturated rings. The molecule has 1 amide bonds. The van der Waals surface area contributed by atoms with Crippen molar-refractivity contribution in [2.75, 3.05) is 13.1 Å². The Balaban J connectivity index is 2.03. The topological polar surface area (TPSA) is 68.1 Å². The molecule has 1 aromatic heterocycles. The molecule has 6 nitrogen and oxygen atoms in total. The summed E-state index contributed by atoms with van der Waals surface area (Å²) in [6, 6.07) is 6.50. The van der Waals surface area contributed by atoms with E-state index >= 15 is 0 Å². The molecule has 23 heavy (non-hydrogen) atoms. The molecule has 2 heterocycles. The Morgan fingerprint density at radius 2 is 1.83 bits per heavy atom. The lowest BCUT2D eigenvalue weighted by molar-refractivity contribution is -0.137. The van der Waals surface area contributed by atoms with Crippen molar-refractivity contribution in [3.8, 4) is 0 Å². The van der Waals surface area contributed by atoms with Gasteiger partial charge in [0.1, 0.15) is 11.6 Å². The third-order valence-electron chi connectivity index (χ3n) is 4.41. The van der Waals surface area contributed by atoms with Gasteiger partial charge >= 0.3 is 0 Å². The molecule has 0 aliphatic carbocycles. The van der Waals surface area contributed by atoms with E-state index in [1.165, 1.54) is 4.68 Å². The Morgan fingerprint density at radius 3 is 2.52 bits per heavy atom. The SMILES string of the molecule is CC(C)[C@H](C(=O)N1CCCCC1)n1nnc2ccccc2c1=O. The Morgan fingerprint density at radius 1 is 1.13 bits per heavy atom. The van der Waals surface area contributed by atoms with Crippen LogP contribution in [0.25, 0.3) is 10.9 Å². The number of carbonyl (C=O) groups excluding carboxylic acids is 1. The minimum atomic E-state index is -0.599. The highest BCUT2D eigenvalue weighted by molar-refractivity contribution is 5.81. The summed E-state index contributed by atoms with van der Waals surface area (Å²) < 4.78 is 1.27. The Bertz CT molecular complexity index is 763. The maximum atomic E-state index is 12.9. The third kappa shape index (κ3) is 2.98. The van der Waals surface area contributed by atoms with Crippen molar-refractivity contribution in [1.82, 2.24) is 19.9 Å². The molecule has 0 bridgehead atoms. The molecule has 0 N–H and O–H groups in total. The molecule has 0 unspecified atom stereocenters. The van der Waals surface area contributed by atoms with Gasteiger partial charge in [0.15, 0.2) is 0 Å². The smallest absolute Gasteiger partial charge is 0.278 e. The number of rotatable bonds is 3. The standard InChI is InChI=1S/C17H22N4O2/c1-12(2)15(17(23)20-10-6-3-7-11-20)21-16(22)13-8-4-5-9-14(13)18-19-21/h4-5,8-9,12,15H,3,6-7,10-11H2,1-2H3/t15-/m1/s1. The third-order valence-corrected chi connectivity index (χ3v) is 4.41. The Labute approximate surface area is 135 Å². The van der Waals surface area contributed by atoms with Crippen LogP contribution in [-0.4, -0.2) is 38.9 Å². The number of benzene rings is 1. The molecule has 1 saturated heterocycles. The zero-order valence-corrected chi connectivity index (χ0v) is 13.6. The first-order chi connectivity index (χ1) is 11.1. The number of likely N-dealkylation sites (tertiary alicyclic amines) is 1. The number of fused-ring (bicyclic) bond motifs is 1. The summed E-state index contributed by atoms with van der Waals surface area (Å²) in [5, 5.41) is 8.67. The van der Waals surface area contributed by atoms with Crippen molar-refractivity contribution >= 4 is 16.8 Å². The minimum Gasteiger partial charge on any atom is -0.341 e. The van der Waals surface area contributed by atoms with Crippen LogP contribution in [0.3, 0.4) is 0 Å². The maximum absolute atomic E-state index is 12.9. The first-order valence-electron chi connectivity index (χ1n) is 8.22. The monoisotopic (exact) mass is 314 g/mol. The lowest BCUT2D eigenvalue weighted by atomic mass is 10.0. The van der Waals surface area contributed by atoms with Gasteiger partial charge in [0, 0.05) is 13.1 Å². The maximum Gasteiger partial charge on any atom is 0.278 e. The van der Waals surface area contributed by atoms with Crippen LogP contribution >= 0.6 is 0 Å². The molecule has 0 radical (unpaired) electrons. The molecule has 6 heteroatoms. The molecule has 2 aromatic rings. The number of hydrogen-bond donors (Lipinski definition) is 0. The second kappa shape index (κ2) is 6.48. The van der Waals surface area contributed by atoms with Crippen molar-refractivity contribution in [3.05, 3.63) is 34.6 Å². The average Bonchev–Trinajstić information content (AvgIpc) is 2.58. The number of piperidine rings is 1. The van der Waals surface area contributed by atoms with Crippen molar-refractivity contribution in [1.29, 1.82) is 0 Å². The molecule has 122 valence electrons. The highest BCUT2D eigenvalue weighted by Gasteiger charge is 2.31. The number of hydrogen-bond acceptors (Lipinski definition) is 4. The number of aromatic nitrogens is 3. The van der Waals surface area contributed by atoms with Crippen LogP contribution in [0.5, 0.6) is 0 Å². The van der Waals surface area contributed by atoms with E-state index in [1.54, 1.807) is 18.2 Å². The van der Waals surface area contributed by atoms with Crippen LogP contribution in [-0.2, 0) is 4.79 Å². The largest absolute Gasteiger partial charge is 0.341 e. The first kappa shape index (κ1) is 15.6. The zero-order valence-electron chi connectivity index (χ0n) is 13.6. The van der Waals surface area contributed by atoms with Crippen molar-refractivity contribution < 1.29 is 4.79 Å². The Hall–Kier alpha value is -2.24. The van der Waals surface area contributed by atoms with E-state index in [-0.39, 0.29) is 17.4 Å². The fraction of sp³-hybridized carbons (Fsp3) is 0.529. The summed E-state index contributed by atoms with van der Waals surface area (Å²) in [5.41, 5.74) is 0.307. The summed E-state index contributed by atoms with van der Waals surface area (Å²) in [5.74, 6) is -0.0519. The van der Waals surface area contributed by atoms with E-state index < -0.39 is 6.04 Å². The van der Waals surface area contributed by atoms with Gasteiger partial charge in [-0.3, -0.25) is 9.59 Å². The van der Waals surface area contributed by atoms with E-state index in [4.69, 9.17) is 0 Å². The zero-order chi connectivity index (χ0) is 16.4. The van der Waals surface area contributed by atoms with Crippen LogP contribution in [0.4, 0.5) is 0 Å². The molecule has 1 aliphatic rings. The fourth-order valence-electron chi connectivity index (χ4n) is 3.16. The van der Waals surface area contributed by atoms with Gasteiger partial charge in [0.2, 0.25) is 5.91 Å². The van der Waals surface area contributed by atoms with Crippen molar-refractivity contribution in [2.24, 2.45) is 5.92 Å². The summed E-state index contributed by atoms with van der Waals surface area (Å²) in [4.78, 5) is 27.5. The van der Waals surface area contributed by atoms with Crippen LogP contribution < -0.4 is 5.56 Å². The van der Waals surface area contributed by atoms with E-state index in [0.717, 1.165) is 32.4 Å². The molecule has 1 atom stereocenters. The molecule has 0 spiro atoms. The van der Waals surface area contributed by atoms with Gasteiger partial charge in [-0.05, 0) is 37.3 Å². The summed E-state index contributed by atoms with van der Waals surface area (Å²) in [7, 11) is 0. The quantitative estimate of drug-likeness (QED) is 0.869. The average molecular weight is 314 g/mol. The molecule has 1 aromatic carbocycles. The van der Waals surface area contributed by atoms with Gasteiger partial charge in [-0.2, -0.15) is 4.68 Å². The molecular weight excluding hydrogens is 292 g/mol. The summed E-state index contributed by atoms with van der Waals surface area (Å²) in [6.45, 7) is 5.40. The molecule has 3 rings (SSSR count). The molecular formula is C17H22N4O2. The highest BCUT2D eigenvalue weighted by atomic mass is 16.2. The normalized spacial score (nSPS) is 16.7. The van der Waals surface area contributed by atoms with Crippen LogP contribution in [0.1, 0.15) is 39.2 Å². The van der Waals surface area contributed by atoms with E-state index in [2.05, 4.69) is 10.3 Å². The van der Waals surface area contributed by atoms with Gasteiger partial charge in [-0.15, -0.1) is 5.10 Å². The predicted molar refractivity (Wildman–Crippen MR) is 88.1 cm³/mol. The number of amides is 1. The first-order valence-corrected chi connectivity index (χ1v) is 8.22. The van der Waals surface area contributed by atoms with E-state index in [1.807, 2.05) is 24.8 Å². The van der Waals surface area contributed by atoms with E-state index in [9.17, 15) is 9.59 Å². The lowest BCUT2D eigenvalue weighted by Crippen LogP contribution is -2.45. The minimum absolute atomic E-state index is 0.0219. The Kier molecular flexibility index (Phi) is 4.41. The molecule has 0 saturated carbocycles. The number of nitrogens with zero attached hydrogens (tertiary/aromatic N) is 4. The lowest BCUT2D eigenvalue weighted by Gasteiger charge is -2.31. The van der Waals surface area contributed by atoms with Crippen LogP contribution in [0.15, 0.2) is 29.1 Å². The van der Waals surface area contributed by atoms with Gasteiger partial charge in [-0.1, -0.05) is 31.2 Å². The van der Waals surface area contributed by atoms with Gasteiger partial charge in [0.25, 0.3) is 5.56 Å². The van der Waals surface area contributed by atoms with Crippen molar-refractivity contribution in [2.45, 2.75) is 39.2 Å². The van der Waals surface area contributed by atoms with Crippen LogP contribution in [0.2, 0.25) is 0 Å². The van der Waals surface area contributed by atoms with Crippen LogP contribution in [0, 0.1) is 5.92 Å². The van der Waals surface area contributed by atoms with Gasteiger partial charge in [0.05, 0.1) is 5.39 Å². The second-order valence-corrected chi connectivity index (χ2v) is 6.43. The van der Waals surface area contributed by atoms with Gasteiger partial charge in [-0.25, -0.2) is 0 Å². The van der Waals surface area contributed by atoms with Crippen molar-refractivity contribution in [3.63, 3.8) is 0 Å². The second-order valence-electron chi connectivity index (χ2n) is 6.43. The molecule has 1 aliphatic heterocycles. The summed E-state index contributed by atoms with van der Waals surface area (Å²) in [6.07, 6.45) is 3.20. The highest BCUT2D eigenvalue weighted by Crippen LogP contribution is 2.21. The summed E-state index contributed by atoms with van der Waals surface area (Å²) >= 11 is 0. The fourth-order valence-corrected chi connectivity index (χ4v) is 3.16. The number of carbonyl (C=O) groups is 1. The van der Waals surface area contributed by atoms with E-state index in [0.29, 0.717) is 10.9 Å².